The van der Waals surface area contributed by atoms with E-state index in [0.29, 0.717) is 11.4 Å². The number of rotatable bonds is 6. The summed E-state index contributed by atoms with van der Waals surface area (Å²) in [7, 11) is 0. The Hall–Kier alpha value is -4.60. The zero-order valence-electron chi connectivity index (χ0n) is 16.1. The quantitative estimate of drug-likeness (QED) is 0.402. The molecule has 0 spiro atoms. The van der Waals surface area contributed by atoms with Gasteiger partial charge < -0.3 is 31.0 Å². The van der Waals surface area contributed by atoms with Gasteiger partial charge in [0, 0.05) is 23.7 Å². The van der Waals surface area contributed by atoms with Crippen LogP contribution in [0.15, 0.2) is 53.3 Å². The van der Waals surface area contributed by atoms with Gasteiger partial charge in [0.1, 0.15) is 28.4 Å². The van der Waals surface area contributed by atoms with Crippen molar-refractivity contribution >= 4 is 29.4 Å². The number of carboxylic acid groups (broad SMARTS) is 2. The molecule has 0 atom stereocenters. The van der Waals surface area contributed by atoms with Crippen LogP contribution in [-0.2, 0) is 4.79 Å². The summed E-state index contributed by atoms with van der Waals surface area (Å²) in [6.07, 6.45) is 0. The molecule has 158 valence electrons. The number of nitrogen functional groups attached to an aromatic ring is 1. The van der Waals surface area contributed by atoms with Crippen molar-refractivity contribution in [2.24, 2.45) is 0 Å². The number of hydrogen-bond acceptors (Lipinski definition) is 6. The molecule has 3 aromatic rings. The van der Waals surface area contributed by atoms with Gasteiger partial charge in [-0.05, 0) is 30.3 Å². The number of aromatic nitrogens is 1. The van der Waals surface area contributed by atoms with E-state index in [1.807, 2.05) is 0 Å². The lowest BCUT2D eigenvalue weighted by Gasteiger charge is -2.16. The largest absolute Gasteiger partial charge is 0.478 e. The molecule has 0 bridgehead atoms. The third-order valence-corrected chi connectivity index (χ3v) is 4.23. The minimum atomic E-state index is -1.62. The molecule has 1 amide bonds. The number of nitrogens with one attached hydrogen (secondary N) is 2. The van der Waals surface area contributed by atoms with Crippen LogP contribution in [0, 0.1) is 0 Å². The first-order valence-electron chi connectivity index (χ1n) is 8.86. The maximum absolute atomic E-state index is 12.3. The van der Waals surface area contributed by atoms with E-state index >= 15 is 0 Å². The molecule has 0 unspecified atom stereocenters. The number of carbonyl (C=O) groups is 3. The van der Waals surface area contributed by atoms with Gasteiger partial charge in [0.2, 0.25) is 5.91 Å². The highest BCUT2D eigenvalue weighted by molar-refractivity contribution is 6.08. The molecular formula is C21H17N3O7. The van der Waals surface area contributed by atoms with Gasteiger partial charge in [-0.2, -0.15) is 0 Å². The molecule has 6 N–H and O–H groups in total. The van der Waals surface area contributed by atoms with Crippen molar-refractivity contribution in [3.8, 4) is 22.6 Å². The zero-order valence-corrected chi connectivity index (χ0v) is 16.1. The second-order valence-electron chi connectivity index (χ2n) is 6.41. The normalized spacial score (nSPS) is 10.4. The third-order valence-electron chi connectivity index (χ3n) is 4.23. The van der Waals surface area contributed by atoms with E-state index in [1.165, 1.54) is 25.1 Å². The van der Waals surface area contributed by atoms with Crippen LogP contribution in [0.5, 0.6) is 11.5 Å². The molecule has 0 radical (unpaired) electrons. The number of aromatic amines is 1. The summed E-state index contributed by atoms with van der Waals surface area (Å²) in [5, 5.41) is 21.8. The molecule has 3 rings (SSSR count). The number of anilines is 2. The summed E-state index contributed by atoms with van der Waals surface area (Å²) in [6, 6.07) is 12.4. The highest BCUT2D eigenvalue weighted by atomic mass is 16.5. The van der Waals surface area contributed by atoms with Crippen LogP contribution >= 0.6 is 0 Å². The minimum absolute atomic E-state index is 0.0565. The zero-order chi connectivity index (χ0) is 22.7. The molecule has 1 heterocycles. The van der Waals surface area contributed by atoms with E-state index in [4.69, 9.17) is 10.5 Å². The maximum atomic E-state index is 12.3. The first-order chi connectivity index (χ1) is 14.7. The molecule has 10 heteroatoms. The Morgan fingerprint density at radius 3 is 2.16 bits per heavy atom. The number of pyridine rings is 1. The number of amides is 1. The van der Waals surface area contributed by atoms with E-state index in [2.05, 4.69) is 10.3 Å². The Kier molecular flexibility index (Phi) is 5.73. The average molecular weight is 423 g/mol. The van der Waals surface area contributed by atoms with Crippen LogP contribution in [-0.4, -0.2) is 33.0 Å². The van der Waals surface area contributed by atoms with Crippen LogP contribution in [0.25, 0.3) is 11.1 Å². The van der Waals surface area contributed by atoms with Gasteiger partial charge in [0.05, 0.1) is 0 Å². The number of aromatic carboxylic acids is 2. The van der Waals surface area contributed by atoms with Gasteiger partial charge in [-0.15, -0.1) is 0 Å². The molecule has 0 saturated heterocycles. The summed E-state index contributed by atoms with van der Waals surface area (Å²) in [4.78, 5) is 49.1. The first-order valence-corrected chi connectivity index (χ1v) is 8.86. The van der Waals surface area contributed by atoms with Crippen LogP contribution in [0.1, 0.15) is 27.6 Å². The van der Waals surface area contributed by atoms with Crippen molar-refractivity contribution in [3.05, 3.63) is 70.0 Å². The van der Waals surface area contributed by atoms with Crippen LogP contribution < -0.4 is 21.3 Å². The summed E-state index contributed by atoms with van der Waals surface area (Å²) in [5.74, 6) is -3.42. The van der Waals surface area contributed by atoms with Gasteiger partial charge >= 0.3 is 11.9 Å². The fraction of sp³-hybridized carbons (Fsp3) is 0.0476. The molecule has 0 aliphatic rings. The topological polar surface area (TPSA) is 172 Å². The van der Waals surface area contributed by atoms with E-state index < -0.39 is 34.4 Å². The molecule has 31 heavy (non-hydrogen) atoms. The van der Waals surface area contributed by atoms with E-state index in [1.54, 1.807) is 30.3 Å². The van der Waals surface area contributed by atoms with Gasteiger partial charge in [-0.3, -0.25) is 9.59 Å². The molecule has 0 fully saturated rings. The smallest absolute Gasteiger partial charge is 0.342 e. The number of para-hydroxylation sites is 1. The minimum Gasteiger partial charge on any atom is -0.478 e. The standard InChI is InChI=1S/C21H17N3O7/c1-10(25)23-11-6-8-12(9-7-11)31-14-5-3-2-4-13(14)15-16(20(27)28)18(22)24-19(26)17(15)21(29)30/h2-9H,1H3,(H,23,25)(H,27,28)(H,29,30)(H3,22,24,26). The van der Waals surface area contributed by atoms with Crippen molar-refractivity contribution in [2.45, 2.75) is 6.92 Å². The lowest BCUT2D eigenvalue weighted by Crippen LogP contribution is -2.24. The highest BCUT2D eigenvalue weighted by Crippen LogP contribution is 2.37. The molecule has 0 saturated carbocycles. The number of nitrogens with two attached hydrogens (primary N) is 1. The number of ether oxygens (including phenoxy) is 1. The van der Waals surface area contributed by atoms with Gasteiger partial charge in [-0.25, -0.2) is 9.59 Å². The summed E-state index contributed by atoms with van der Waals surface area (Å²) in [5.41, 5.74) is 3.53. The Morgan fingerprint density at radius 1 is 0.968 bits per heavy atom. The first kappa shape index (κ1) is 21.1. The van der Waals surface area contributed by atoms with Gasteiger partial charge in [0.15, 0.2) is 0 Å². The number of carboxylic acids is 2. The Bertz CT molecular complexity index is 1250. The van der Waals surface area contributed by atoms with E-state index in [9.17, 15) is 29.4 Å². The maximum Gasteiger partial charge on any atom is 0.342 e. The SMILES string of the molecule is CC(=O)Nc1ccc(Oc2ccccc2-c2c(C(=O)O)c(N)[nH]c(=O)c2C(=O)O)cc1. The molecule has 0 aliphatic heterocycles. The Balaban J connectivity index is 2.17. The number of benzene rings is 2. The van der Waals surface area contributed by atoms with Crippen molar-refractivity contribution in [2.75, 3.05) is 11.1 Å². The van der Waals surface area contributed by atoms with Gasteiger partial charge in [-0.1, -0.05) is 18.2 Å². The average Bonchev–Trinajstić information content (AvgIpc) is 2.68. The number of H-pyrrole nitrogens is 1. The number of hydrogen-bond donors (Lipinski definition) is 5. The molecule has 0 aliphatic carbocycles. The summed E-state index contributed by atoms with van der Waals surface area (Å²) < 4.78 is 5.82. The molecule has 1 aromatic heterocycles. The third kappa shape index (κ3) is 4.37. The van der Waals surface area contributed by atoms with Crippen LogP contribution in [0.3, 0.4) is 0 Å². The van der Waals surface area contributed by atoms with Crippen molar-refractivity contribution in [1.82, 2.24) is 4.98 Å². The Labute approximate surface area is 174 Å². The van der Waals surface area contributed by atoms with Crippen molar-refractivity contribution < 1.29 is 29.3 Å². The molecular weight excluding hydrogens is 406 g/mol. The monoisotopic (exact) mass is 423 g/mol. The molecule has 10 nitrogen and oxygen atoms in total. The fourth-order valence-corrected chi connectivity index (χ4v) is 3.01. The lowest BCUT2D eigenvalue weighted by atomic mass is 9.94. The van der Waals surface area contributed by atoms with E-state index in [-0.39, 0.29) is 22.8 Å². The summed E-state index contributed by atoms with van der Waals surface area (Å²) >= 11 is 0. The predicted octanol–water partition coefficient (Wildman–Crippen LogP) is 2.77. The van der Waals surface area contributed by atoms with Crippen LogP contribution in [0.4, 0.5) is 11.5 Å². The van der Waals surface area contributed by atoms with Crippen molar-refractivity contribution in [1.29, 1.82) is 0 Å². The second kappa shape index (κ2) is 8.41. The fourth-order valence-electron chi connectivity index (χ4n) is 3.01. The molecule has 2 aromatic carbocycles. The highest BCUT2D eigenvalue weighted by Gasteiger charge is 2.28. The number of carbonyl (C=O) groups excluding carboxylic acids is 1. The van der Waals surface area contributed by atoms with Gasteiger partial charge in [0.25, 0.3) is 5.56 Å². The van der Waals surface area contributed by atoms with E-state index in [0.717, 1.165) is 0 Å². The summed E-state index contributed by atoms with van der Waals surface area (Å²) in [6.45, 7) is 1.37. The lowest BCUT2D eigenvalue weighted by molar-refractivity contribution is -0.114. The van der Waals surface area contributed by atoms with Crippen LogP contribution in [0.2, 0.25) is 0 Å². The van der Waals surface area contributed by atoms with Crippen molar-refractivity contribution in [3.63, 3.8) is 0 Å². The Morgan fingerprint density at radius 2 is 1.58 bits per heavy atom. The second-order valence-corrected chi connectivity index (χ2v) is 6.41. The predicted molar refractivity (Wildman–Crippen MR) is 112 cm³/mol.